The van der Waals surface area contributed by atoms with Crippen LogP contribution in [0.3, 0.4) is 0 Å². The fourth-order valence-electron chi connectivity index (χ4n) is 6.38. The van der Waals surface area contributed by atoms with Crippen molar-refractivity contribution < 1.29 is 42.9 Å². The van der Waals surface area contributed by atoms with Crippen molar-refractivity contribution in [2.24, 2.45) is 16.9 Å². The van der Waals surface area contributed by atoms with Crippen LogP contribution in [0.2, 0.25) is 0 Å². The van der Waals surface area contributed by atoms with Crippen molar-refractivity contribution in [2.75, 3.05) is 24.8 Å². The van der Waals surface area contributed by atoms with Crippen LogP contribution in [0.25, 0.3) is 10.2 Å². The fourth-order valence-corrected chi connectivity index (χ4v) is 7.33. The minimum Gasteiger partial charge on any atom is -0.494 e. The maximum atomic E-state index is 13.5. The summed E-state index contributed by atoms with van der Waals surface area (Å²) < 4.78 is 28.5. The summed E-state index contributed by atoms with van der Waals surface area (Å²) in [6.45, 7) is 7.48. The molecule has 1 aliphatic carbocycles. The van der Waals surface area contributed by atoms with Gasteiger partial charge in [-0.2, -0.15) is 5.10 Å². The normalized spacial score (nSPS) is 15.2. The van der Waals surface area contributed by atoms with Crippen molar-refractivity contribution in [3.63, 3.8) is 0 Å². The fraction of sp³-hybridized carbons (Fsp3) is 0.409. The standard InChI is InChI=1S/C44H51N3O9S/c1-3-5-6-11-26-47(44-46-38-14-9-10-15-40(38)57-44)45-30-34-29-37(54-31-48)24-25-39(34)56-43(51)33-18-16-32(17-19-33)42(50)55-36-22-20-35(21-23-36)52-27-12-7-8-13-28-53-41(49)4-2/h4,9-10,14-15,20-25,29-33H,2-3,5-8,11-13,16-19,26-28H2,1H3/b45-30+. The van der Waals surface area contributed by atoms with Gasteiger partial charge in [0.05, 0.1) is 41.5 Å². The minimum absolute atomic E-state index is 0.287. The smallest absolute Gasteiger partial charge is 0.330 e. The Morgan fingerprint density at radius 2 is 1.49 bits per heavy atom. The van der Waals surface area contributed by atoms with Crippen LogP contribution < -0.4 is 24.0 Å². The number of aromatic nitrogens is 1. The van der Waals surface area contributed by atoms with Gasteiger partial charge in [-0.1, -0.05) is 56.2 Å². The molecule has 1 fully saturated rings. The van der Waals surface area contributed by atoms with E-state index in [4.69, 9.17) is 33.8 Å². The molecule has 0 bridgehead atoms. The first-order valence-electron chi connectivity index (χ1n) is 19.7. The number of hydrogen-bond acceptors (Lipinski definition) is 13. The van der Waals surface area contributed by atoms with Crippen LogP contribution in [0.4, 0.5) is 5.13 Å². The highest BCUT2D eigenvalue weighted by atomic mass is 32.1. The second kappa shape index (κ2) is 22.9. The van der Waals surface area contributed by atoms with Gasteiger partial charge in [0.2, 0.25) is 5.13 Å². The lowest BCUT2D eigenvalue weighted by Gasteiger charge is -2.26. The summed E-state index contributed by atoms with van der Waals surface area (Å²) in [5, 5.41) is 7.41. The van der Waals surface area contributed by atoms with Crippen molar-refractivity contribution in [1.29, 1.82) is 0 Å². The van der Waals surface area contributed by atoms with Crippen LogP contribution in [0.15, 0.2) is 84.5 Å². The third-order valence-corrected chi connectivity index (χ3v) is 10.6. The number of thiazole rings is 1. The summed E-state index contributed by atoms with van der Waals surface area (Å²) in [6, 6.07) is 19.7. The number of fused-ring (bicyclic) bond motifs is 1. The van der Waals surface area contributed by atoms with E-state index >= 15 is 0 Å². The average Bonchev–Trinajstić information content (AvgIpc) is 3.67. The second-order valence-electron chi connectivity index (χ2n) is 13.8. The van der Waals surface area contributed by atoms with Gasteiger partial charge in [-0.05, 0) is 112 Å². The number of anilines is 1. The molecule has 0 spiro atoms. The molecule has 0 saturated heterocycles. The number of nitrogens with zero attached hydrogens (tertiary/aromatic N) is 3. The Hall–Kier alpha value is -5.56. The maximum absolute atomic E-state index is 13.5. The first kappa shape index (κ1) is 42.6. The molecule has 0 N–H and O–H groups in total. The van der Waals surface area contributed by atoms with Gasteiger partial charge >= 0.3 is 17.9 Å². The van der Waals surface area contributed by atoms with E-state index in [1.165, 1.54) is 0 Å². The molecule has 1 aromatic heterocycles. The van der Waals surface area contributed by atoms with Crippen molar-refractivity contribution >= 4 is 57.3 Å². The summed E-state index contributed by atoms with van der Waals surface area (Å²) in [7, 11) is 0. The Labute approximate surface area is 337 Å². The summed E-state index contributed by atoms with van der Waals surface area (Å²) in [4.78, 5) is 53.5. The molecule has 1 heterocycles. The minimum atomic E-state index is -0.403. The van der Waals surface area contributed by atoms with Crippen LogP contribution in [-0.4, -0.2) is 55.3 Å². The Bertz CT molecular complexity index is 1920. The predicted octanol–water partition coefficient (Wildman–Crippen LogP) is 9.24. The SMILES string of the molecule is C=CC(=O)OCCCCCCOc1ccc(OC(=O)C2CCC(C(=O)Oc3ccc(OC=O)cc3/C=N/N(CCCCCC)c3nc4ccccc4s3)CC2)cc1. The van der Waals surface area contributed by atoms with E-state index in [0.717, 1.165) is 72.8 Å². The van der Waals surface area contributed by atoms with Gasteiger partial charge in [-0.3, -0.25) is 14.4 Å². The Kier molecular flexibility index (Phi) is 17.1. The van der Waals surface area contributed by atoms with Crippen LogP contribution >= 0.6 is 11.3 Å². The monoisotopic (exact) mass is 797 g/mol. The number of unbranched alkanes of at least 4 members (excludes halogenated alkanes) is 6. The van der Waals surface area contributed by atoms with E-state index < -0.39 is 17.9 Å². The van der Waals surface area contributed by atoms with Crippen molar-refractivity contribution in [3.8, 4) is 23.0 Å². The number of carbonyl (C=O) groups excluding carboxylic acids is 4. The van der Waals surface area contributed by atoms with Gasteiger partial charge in [0.1, 0.15) is 23.0 Å². The number of ether oxygens (including phenoxy) is 5. The highest BCUT2D eigenvalue weighted by Gasteiger charge is 2.32. The molecule has 12 nitrogen and oxygen atoms in total. The molecule has 1 saturated carbocycles. The zero-order valence-electron chi connectivity index (χ0n) is 32.5. The first-order valence-corrected chi connectivity index (χ1v) is 20.5. The maximum Gasteiger partial charge on any atom is 0.330 e. The number of esters is 3. The van der Waals surface area contributed by atoms with E-state index in [-0.39, 0.29) is 23.4 Å². The van der Waals surface area contributed by atoms with Gasteiger partial charge in [0, 0.05) is 18.2 Å². The highest BCUT2D eigenvalue weighted by molar-refractivity contribution is 7.22. The molecular formula is C44H51N3O9S. The number of benzene rings is 3. The van der Waals surface area contributed by atoms with Crippen LogP contribution in [0, 0.1) is 11.8 Å². The second-order valence-corrected chi connectivity index (χ2v) is 14.8. The van der Waals surface area contributed by atoms with Crippen molar-refractivity contribution in [3.05, 3.63) is 84.9 Å². The van der Waals surface area contributed by atoms with Crippen LogP contribution in [-0.2, 0) is 23.9 Å². The van der Waals surface area contributed by atoms with Gasteiger partial charge in [0.15, 0.2) is 0 Å². The molecular weight excluding hydrogens is 747 g/mol. The molecule has 5 rings (SSSR count). The van der Waals surface area contributed by atoms with Crippen molar-refractivity contribution in [1.82, 2.24) is 4.98 Å². The van der Waals surface area contributed by atoms with E-state index in [0.29, 0.717) is 69.0 Å². The number of hydrazone groups is 1. The molecule has 1 aliphatic rings. The third-order valence-electron chi connectivity index (χ3n) is 9.59. The molecule has 3 aromatic carbocycles. The van der Waals surface area contributed by atoms with Gasteiger partial charge in [-0.15, -0.1) is 0 Å². The van der Waals surface area contributed by atoms with Gasteiger partial charge < -0.3 is 23.7 Å². The molecule has 0 amide bonds. The topological polar surface area (TPSA) is 143 Å². The molecule has 0 aliphatic heterocycles. The number of para-hydroxylation sites is 1. The van der Waals surface area contributed by atoms with Gasteiger partial charge in [-0.25, -0.2) is 14.8 Å². The molecule has 0 unspecified atom stereocenters. The number of rotatable bonds is 23. The average molecular weight is 798 g/mol. The highest BCUT2D eigenvalue weighted by Crippen LogP contribution is 2.33. The zero-order chi connectivity index (χ0) is 40.2. The molecule has 0 radical (unpaired) electrons. The molecule has 4 aromatic rings. The summed E-state index contributed by atoms with van der Waals surface area (Å²) in [6.07, 6.45) is 12.5. The number of carbonyl (C=O) groups is 4. The largest absolute Gasteiger partial charge is 0.494 e. The lowest BCUT2D eigenvalue weighted by Crippen LogP contribution is -2.30. The van der Waals surface area contributed by atoms with E-state index in [1.54, 1.807) is 60.0 Å². The third kappa shape index (κ3) is 13.6. The molecule has 57 heavy (non-hydrogen) atoms. The molecule has 0 atom stereocenters. The van der Waals surface area contributed by atoms with Gasteiger partial charge in [0.25, 0.3) is 6.47 Å². The Morgan fingerprint density at radius 1 is 0.825 bits per heavy atom. The van der Waals surface area contributed by atoms with E-state index in [2.05, 4.69) is 13.5 Å². The summed E-state index contributed by atoms with van der Waals surface area (Å²) in [5.41, 5.74) is 1.37. The van der Waals surface area contributed by atoms with E-state index in [9.17, 15) is 19.2 Å². The Morgan fingerprint density at radius 3 is 2.19 bits per heavy atom. The van der Waals surface area contributed by atoms with Crippen LogP contribution in [0.1, 0.15) is 89.5 Å². The lowest BCUT2D eigenvalue weighted by atomic mass is 9.82. The molecule has 13 heteroatoms. The van der Waals surface area contributed by atoms with Crippen LogP contribution in [0.5, 0.6) is 23.0 Å². The molecule has 302 valence electrons. The van der Waals surface area contributed by atoms with Crippen molar-refractivity contribution in [2.45, 2.75) is 84.0 Å². The summed E-state index contributed by atoms with van der Waals surface area (Å²) >= 11 is 1.55. The van der Waals surface area contributed by atoms with E-state index in [1.807, 2.05) is 29.3 Å². The first-order chi connectivity index (χ1) is 27.9. The summed E-state index contributed by atoms with van der Waals surface area (Å²) in [5.74, 6) is -0.166. The predicted molar refractivity (Wildman–Crippen MR) is 220 cm³/mol. The Balaban J connectivity index is 1.11. The lowest BCUT2D eigenvalue weighted by molar-refractivity contribution is -0.145. The quantitative estimate of drug-likeness (QED) is 0.0135. The number of hydrogen-bond donors (Lipinski definition) is 0. The zero-order valence-corrected chi connectivity index (χ0v) is 33.3.